The first-order valence-electron chi connectivity index (χ1n) is 8.51. The minimum absolute atomic E-state index is 0.417. The summed E-state index contributed by atoms with van der Waals surface area (Å²) in [5.74, 6) is 0. The molecule has 126 valence electrons. The second-order valence-corrected chi connectivity index (χ2v) is 6.11. The summed E-state index contributed by atoms with van der Waals surface area (Å²) in [6.07, 6.45) is 2.07. The number of hydrogen-bond acceptors (Lipinski definition) is 3. The minimum atomic E-state index is 0.417. The average Bonchev–Trinajstić information content (AvgIpc) is 3.06. The highest BCUT2D eigenvalue weighted by Crippen LogP contribution is 2.25. The fourth-order valence-electron chi connectivity index (χ4n) is 2.81. The Morgan fingerprint density at radius 2 is 1.80 bits per heavy atom. The third kappa shape index (κ3) is 3.96. The zero-order valence-corrected chi connectivity index (χ0v) is 14.7. The highest BCUT2D eigenvalue weighted by Gasteiger charge is 2.15. The zero-order valence-electron chi connectivity index (χ0n) is 14.7. The molecule has 0 unspecified atom stereocenters. The summed E-state index contributed by atoms with van der Waals surface area (Å²) in [6.45, 7) is 6.11. The summed E-state index contributed by atoms with van der Waals surface area (Å²) >= 11 is 0. The van der Waals surface area contributed by atoms with Crippen LogP contribution in [0.2, 0.25) is 0 Å². The Balaban J connectivity index is 2.03. The van der Waals surface area contributed by atoms with Crippen LogP contribution in [0.5, 0.6) is 0 Å². The van der Waals surface area contributed by atoms with Crippen LogP contribution in [0.3, 0.4) is 0 Å². The van der Waals surface area contributed by atoms with Gasteiger partial charge in [-0.1, -0.05) is 55.0 Å². The molecule has 0 N–H and O–H groups in total. The molecule has 0 amide bonds. The molecular formula is C21H22N4. The predicted octanol–water partition coefficient (Wildman–Crippen LogP) is 4.19. The van der Waals surface area contributed by atoms with Crippen molar-refractivity contribution in [3.8, 4) is 23.0 Å². The Morgan fingerprint density at radius 3 is 2.44 bits per heavy atom. The van der Waals surface area contributed by atoms with Crippen LogP contribution < -0.4 is 0 Å². The van der Waals surface area contributed by atoms with E-state index in [0.717, 1.165) is 29.1 Å². The molecule has 0 aliphatic rings. The third-order valence-electron chi connectivity index (χ3n) is 4.27. The molecule has 0 fully saturated rings. The van der Waals surface area contributed by atoms with E-state index in [1.54, 1.807) is 0 Å². The van der Waals surface area contributed by atoms with Crippen molar-refractivity contribution in [2.75, 3.05) is 13.1 Å². The van der Waals surface area contributed by atoms with E-state index >= 15 is 0 Å². The molecule has 2 aromatic carbocycles. The standard InChI is InChI=1S/C21H22N4/c1-3-24(14-13-22)15-19-16-25(20-7-5-4-6-8-20)23-21(19)18-11-9-17(2)10-12-18/h4-12,16H,3,14-15H2,1-2H3. The topological polar surface area (TPSA) is 44.9 Å². The van der Waals surface area contributed by atoms with Gasteiger partial charge in [-0.05, 0) is 25.6 Å². The number of rotatable bonds is 6. The van der Waals surface area contributed by atoms with Gasteiger partial charge >= 0.3 is 0 Å². The molecule has 1 heterocycles. The summed E-state index contributed by atoms with van der Waals surface area (Å²) in [5, 5.41) is 13.9. The molecule has 0 atom stereocenters. The fourth-order valence-corrected chi connectivity index (χ4v) is 2.81. The van der Waals surface area contributed by atoms with Crippen molar-refractivity contribution in [2.45, 2.75) is 20.4 Å². The molecule has 3 aromatic rings. The molecule has 3 rings (SSSR count). The van der Waals surface area contributed by atoms with Gasteiger partial charge in [-0.15, -0.1) is 0 Å². The lowest BCUT2D eigenvalue weighted by atomic mass is 10.1. The van der Waals surface area contributed by atoms with Crippen LogP contribution in [0.4, 0.5) is 0 Å². The number of nitriles is 1. The van der Waals surface area contributed by atoms with E-state index in [1.807, 2.05) is 35.0 Å². The smallest absolute Gasteiger partial charge is 0.0972 e. The summed E-state index contributed by atoms with van der Waals surface area (Å²) in [6, 6.07) is 20.8. The molecular weight excluding hydrogens is 308 g/mol. The van der Waals surface area contributed by atoms with Crippen LogP contribution in [-0.4, -0.2) is 27.8 Å². The van der Waals surface area contributed by atoms with E-state index in [0.29, 0.717) is 13.1 Å². The number of benzene rings is 2. The number of aryl methyl sites for hydroxylation is 1. The first kappa shape index (κ1) is 16.9. The van der Waals surface area contributed by atoms with E-state index in [2.05, 4.69) is 55.3 Å². The summed E-state index contributed by atoms with van der Waals surface area (Å²) < 4.78 is 1.92. The Bertz CT molecular complexity index is 857. The van der Waals surface area contributed by atoms with Crippen LogP contribution in [0.25, 0.3) is 16.9 Å². The Kier molecular flexibility index (Phi) is 5.27. The highest BCUT2D eigenvalue weighted by atomic mass is 15.3. The van der Waals surface area contributed by atoms with Gasteiger partial charge < -0.3 is 0 Å². The highest BCUT2D eigenvalue weighted by molar-refractivity contribution is 5.63. The van der Waals surface area contributed by atoms with E-state index < -0.39 is 0 Å². The van der Waals surface area contributed by atoms with Crippen LogP contribution in [0.1, 0.15) is 18.1 Å². The second-order valence-electron chi connectivity index (χ2n) is 6.11. The SMILES string of the molecule is CCN(CC#N)Cc1cn(-c2ccccc2)nc1-c1ccc(C)cc1. The summed E-state index contributed by atoms with van der Waals surface area (Å²) in [4.78, 5) is 2.12. The molecule has 4 nitrogen and oxygen atoms in total. The van der Waals surface area contributed by atoms with Crippen molar-refractivity contribution in [2.24, 2.45) is 0 Å². The molecule has 0 radical (unpaired) electrons. The maximum atomic E-state index is 9.03. The summed E-state index contributed by atoms with van der Waals surface area (Å²) in [7, 11) is 0. The monoisotopic (exact) mass is 330 g/mol. The Morgan fingerprint density at radius 1 is 1.08 bits per heavy atom. The van der Waals surface area contributed by atoms with Gasteiger partial charge in [-0.25, -0.2) is 4.68 Å². The van der Waals surface area contributed by atoms with Crippen molar-refractivity contribution in [3.05, 3.63) is 71.9 Å². The van der Waals surface area contributed by atoms with Crippen LogP contribution in [0, 0.1) is 18.3 Å². The van der Waals surface area contributed by atoms with Crippen LogP contribution in [0.15, 0.2) is 60.8 Å². The Hall–Kier alpha value is -2.90. The molecule has 0 saturated heterocycles. The number of aromatic nitrogens is 2. The van der Waals surface area contributed by atoms with Gasteiger partial charge in [0.2, 0.25) is 0 Å². The average molecular weight is 330 g/mol. The van der Waals surface area contributed by atoms with Gasteiger partial charge in [0.05, 0.1) is 24.0 Å². The van der Waals surface area contributed by atoms with Crippen LogP contribution >= 0.6 is 0 Å². The molecule has 0 spiro atoms. The van der Waals surface area contributed by atoms with Crippen molar-refractivity contribution >= 4 is 0 Å². The van der Waals surface area contributed by atoms with Crippen molar-refractivity contribution in [1.82, 2.24) is 14.7 Å². The first-order valence-corrected chi connectivity index (χ1v) is 8.51. The minimum Gasteiger partial charge on any atom is -0.286 e. The lowest BCUT2D eigenvalue weighted by Gasteiger charge is -2.16. The molecule has 1 aromatic heterocycles. The molecule has 0 saturated carbocycles. The molecule has 0 aliphatic heterocycles. The van der Waals surface area contributed by atoms with E-state index in [1.165, 1.54) is 5.56 Å². The Labute approximate surface area is 148 Å². The van der Waals surface area contributed by atoms with Gasteiger partial charge in [0.15, 0.2) is 0 Å². The number of para-hydroxylation sites is 1. The molecule has 0 aliphatic carbocycles. The van der Waals surface area contributed by atoms with Gasteiger partial charge in [-0.2, -0.15) is 10.4 Å². The molecule has 4 heteroatoms. The maximum absolute atomic E-state index is 9.03. The van der Waals surface area contributed by atoms with Gasteiger partial charge in [0.1, 0.15) is 0 Å². The summed E-state index contributed by atoms with van der Waals surface area (Å²) in [5.41, 5.74) is 5.46. The molecule has 25 heavy (non-hydrogen) atoms. The van der Waals surface area contributed by atoms with Crippen LogP contribution in [-0.2, 0) is 6.54 Å². The maximum Gasteiger partial charge on any atom is 0.0972 e. The first-order chi connectivity index (χ1) is 12.2. The molecule has 0 bridgehead atoms. The predicted molar refractivity (Wildman–Crippen MR) is 100 cm³/mol. The van der Waals surface area contributed by atoms with E-state index in [-0.39, 0.29) is 0 Å². The lowest BCUT2D eigenvalue weighted by Crippen LogP contribution is -2.23. The largest absolute Gasteiger partial charge is 0.286 e. The van der Waals surface area contributed by atoms with Gasteiger partial charge in [-0.3, -0.25) is 4.90 Å². The van der Waals surface area contributed by atoms with Gasteiger partial charge in [0.25, 0.3) is 0 Å². The number of nitrogens with zero attached hydrogens (tertiary/aromatic N) is 4. The van der Waals surface area contributed by atoms with Gasteiger partial charge in [0, 0.05) is 23.9 Å². The normalized spacial score (nSPS) is 10.8. The fraction of sp³-hybridized carbons (Fsp3) is 0.238. The van der Waals surface area contributed by atoms with Crippen molar-refractivity contribution in [1.29, 1.82) is 5.26 Å². The lowest BCUT2D eigenvalue weighted by molar-refractivity contribution is 0.315. The van der Waals surface area contributed by atoms with E-state index in [4.69, 9.17) is 10.4 Å². The third-order valence-corrected chi connectivity index (χ3v) is 4.27. The quantitative estimate of drug-likeness (QED) is 0.637. The van der Waals surface area contributed by atoms with Crippen molar-refractivity contribution < 1.29 is 0 Å². The van der Waals surface area contributed by atoms with Crippen molar-refractivity contribution in [3.63, 3.8) is 0 Å². The zero-order chi connectivity index (χ0) is 17.6. The number of hydrogen-bond donors (Lipinski definition) is 0. The van der Waals surface area contributed by atoms with E-state index in [9.17, 15) is 0 Å². The second kappa shape index (κ2) is 7.78.